The van der Waals surface area contributed by atoms with Gasteiger partial charge in [0.2, 0.25) is 0 Å². The van der Waals surface area contributed by atoms with Gasteiger partial charge >= 0.3 is 0 Å². The molecule has 0 bridgehead atoms. The third-order valence-corrected chi connectivity index (χ3v) is 4.99. The lowest BCUT2D eigenvalue weighted by Gasteiger charge is -2.21. The second-order valence-electron chi connectivity index (χ2n) is 7.26. The van der Waals surface area contributed by atoms with Gasteiger partial charge in [0.15, 0.2) is 0 Å². The Labute approximate surface area is 170 Å². The Morgan fingerprint density at radius 2 is 1.83 bits per heavy atom. The molecule has 0 fully saturated rings. The van der Waals surface area contributed by atoms with Crippen LogP contribution in [0.25, 0.3) is 0 Å². The van der Waals surface area contributed by atoms with E-state index in [-0.39, 0.29) is 17.4 Å². The van der Waals surface area contributed by atoms with Crippen molar-refractivity contribution in [1.29, 1.82) is 0 Å². The summed E-state index contributed by atoms with van der Waals surface area (Å²) in [4.78, 5) is 18.9. The number of aryl methyl sites for hydroxylation is 3. The van der Waals surface area contributed by atoms with Gasteiger partial charge in [0, 0.05) is 30.8 Å². The van der Waals surface area contributed by atoms with Gasteiger partial charge in [-0.25, -0.2) is 9.37 Å². The van der Waals surface area contributed by atoms with Crippen molar-refractivity contribution in [2.75, 3.05) is 7.11 Å². The fraction of sp³-hybridized carbons (Fsp3) is 0.304. The molecule has 0 aliphatic carbocycles. The van der Waals surface area contributed by atoms with E-state index >= 15 is 0 Å². The first-order valence-corrected chi connectivity index (χ1v) is 9.55. The number of hydrogen-bond donors (Lipinski definition) is 2. The SMILES string of the molecule is COc1cc(C)c(CN[C@@H](Cc2cc(=O)[nH]c(C)n2)c2ccc(F)cc2)cc1C. The maximum atomic E-state index is 13.4. The first-order chi connectivity index (χ1) is 13.9. The van der Waals surface area contributed by atoms with Crippen molar-refractivity contribution in [2.24, 2.45) is 0 Å². The molecule has 2 aromatic carbocycles. The summed E-state index contributed by atoms with van der Waals surface area (Å²) in [5.41, 5.74) is 4.81. The van der Waals surface area contributed by atoms with Crippen molar-refractivity contribution in [3.8, 4) is 5.75 Å². The molecule has 0 aliphatic heterocycles. The zero-order valence-corrected chi connectivity index (χ0v) is 17.2. The highest BCUT2D eigenvalue weighted by molar-refractivity contribution is 5.41. The van der Waals surface area contributed by atoms with Gasteiger partial charge in [0.25, 0.3) is 5.56 Å². The minimum atomic E-state index is -0.278. The first kappa shape index (κ1) is 20.7. The number of nitrogens with one attached hydrogen (secondary N) is 2. The number of benzene rings is 2. The van der Waals surface area contributed by atoms with Crippen LogP contribution in [0, 0.1) is 26.6 Å². The Morgan fingerprint density at radius 1 is 1.10 bits per heavy atom. The van der Waals surface area contributed by atoms with Crippen molar-refractivity contribution in [3.63, 3.8) is 0 Å². The van der Waals surface area contributed by atoms with Crippen LogP contribution in [0.1, 0.15) is 39.8 Å². The summed E-state index contributed by atoms with van der Waals surface area (Å²) in [6, 6.07) is 11.9. The average Bonchev–Trinajstić information content (AvgIpc) is 2.67. The van der Waals surface area contributed by atoms with E-state index in [1.807, 2.05) is 19.9 Å². The smallest absolute Gasteiger partial charge is 0.251 e. The van der Waals surface area contributed by atoms with Crippen molar-refractivity contribution in [1.82, 2.24) is 15.3 Å². The molecular formula is C23H26FN3O2. The number of aromatic amines is 1. The average molecular weight is 395 g/mol. The summed E-state index contributed by atoms with van der Waals surface area (Å²) < 4.78 is 18.8. The topological polar surface area (TPSA) is 67.0 Å². The molecule has 6 heteroatoms. The monoisotopic (exact) mass is 395 g/mol. The second-order valence-corrected chi connectivity index (χ2v) is 7.26. The predicted molar refractivity (Wildman–Crippen MR) is 112 cm³/mol. The Balaban J connectivity index is 1.86. The Morgan fingerprint density at radius 3 is 2.48 bits per heavy atom. The molecular weight excluding hydrogens is 369 g/mol. The maximum Gasteiger partial charge on any atom is 0.251 e. The number of methoxy groups -OCH3 is 1. The molecule has 3 aromatic rings. The zero-order chi connectivity index (χ0) is 21.0. The molecule has 0 saturated heterocycles. The van der Waals surface area contributed by atoms with Crippen LogP contribution in [-0.4, -0.2) is 17.1 Å². The van der Waals surface area contributed by atoms with Crippen LogP contribution in [0.5, 0.6) is 5.75 Å². The summed E-state index contributed by atoms with van der Waals surface area (Å²) in [5, 5.41) is 3.55. The van der Waals surface area contributed by atoms with Crippen LogP contribution in [0.15, 0.2) is 47.3 Å². The summed E-state index contributed by atoms with van der Waals surface area (Å²) in [5.74, 6) is 1.16. The predicted octanol–water partition coefficient (Wildman–Crippen LogP) is 3.92. The highest BCUT2D eigenvalue weighted by Crippen LogP contribution is 2.24. The van der Waals surface area contributed by atoms with E-state index in [0.717, 1.165) is 28.0 Å². The van der Waals surface area contributed by atoms with Gasteiger partial charge in [-0.1, -0.05) is 18.2 Å². The van der Waals surface area contributed by atoms with Crippen molar-refractivity contribution in [3.05, 3.63) is 92.4 Å². The minimum absolute atomic E-state index is 0.119. The summed E-state index contributed by atoms with van der Waals surface area (Å²) in [7, 11) is 1.67. The highest BCUT2D eigenvalue weighted by Gasteiger charge is 2.15. The summed E-state index contributed by atoms with van der Waals surface area (Å²) in [6.07, 6.45) is 0.518. The number of aromatic nitrogens is 2. The molecule has 5 nitrogen and oxygen atoms in total. The fourth-order valence-corrected chi connectivity index (χ4v) is 3.45. The van der Waals surface area contributed by atoms with Crippen molar-refractivity contribution in [2.45, 2.75) is 39.8 Å². The molecule has 2 N–H and O–H groups in total. The molecule has 0 spiro atoms. The van der Waals surface area contributed by atoms with E-state index in [2.05, 4.69) is 21.4 Å². The molecule has 0 aliphatic rings. The number of halogens is 1. The lowest BCUT2D eigenvalue weighted by Crippen LogP contribution is -2.25. The van der Waals surface area contributed by atoms with Gasteiger partial charge in [0.1, 0.15) is 17.4 Å². The standard InChI is InChI=1S/C23H26FN3O2/c1-14-10-22(29-4)15(2)9-18(14)13-25-21(17-5-7-19(24)8-6-17)11-20-12-23(28)27-16(3)26-20/h5-10,12,21,25H,11,13H2,1-4H3,(H,26,27,28)/t21-/m0/s1. The van der Waals surface area contributed by atoms with E-state index < -0.39 is 0 Å². The summed E-state index contributed by atoms with van der Waals surface area (Å²) >= 11 is 0. The number of nitrogens with zero attached hydrogens (tertiary/aromatic N) is 1. The van der Waals surface area contributed by atoms with E-state index in [4.69, 9.17) is 4.74 Å². The van der Waals surface area contributed by atoms with Crippen molar-refractivity contribution >= 4 is 0 Å². The molecule has 1 atom stereocenters. The fourth-order valence-electron chi connectivity index (χ4n) is 3.45. The molecule has 29 heavy (non-hydrogen) atoms. The van der Waals surface area contributed by atoms with Crippen molar-refractivity contribution < 1.29 is 9.13 Å². The Hall–Kier alpha value is -2.99. The third kappa shape index (κ3) is 5.29. The van der Waals surface area contributed by atoms with E-state index in [0.29, 0.717) is 24.5 Å². The first-order valence-electron chi connectivity index (χ1n) is 9.55. The quantitative estimate of drug-likeness (QED) is 0.636. The van der Waals surface area contributed by atoms with Gasteiger partial charge in [-0.3, -0.25) is 4.79 Å². The number of H-pyrrole nitrogens is 1. The van der Waals surface area contributed by atoms with Gasteiger partial charge in [-0.2, -0.15) is 0 Å². The molecule has 0 amide bonds. The molecule has 152 valence electrons. The lowest BCUT2D eigenvalue weighted by molar-refractivity contribution is 0.411. The Kier molecular flexibility index (Phi) is 6.44. The van der Waals surface area contributed by atoms with Crippen LogP contribution in [0.4, 0.5) is 4.39 Å². The molecule has 0 radical (unpaired) electrons. The lowest BCUT2D eigenvalue weighted by atomic mass is 10.00. The highest BCUT2D eigenvalue weighted by atomic mass is 19.1. The molecule has 0 unspecified atom stereocenters. The molecule has 1 aromatic heterocycles. The number of rotatable bonds is 7. The van der Waals surface area contributed by atoms with Gasteiger partial charge < -0.3 is 15.0 Å². The number of ether oxygens (including phenoxy) is 1. The van der Waals surface area contributed by atoms with Gasteiger partial charge in [-0.05, 0) is 61.2 Å². The Bertz CT molecular complexity index is 1040. The van der Waals surface area contributed by atoms with E-state index in [9.17, 15) is 9.18 Å². The molecule has 0 saturated carbocycles. The van der Waals surface area contributed by atoms with E-state index in [1.54, 1.807) is 26.2 Å². The van der Waals surface area contributed by atoms with Crippen LogP contribution in [-0.2, 0) is 13.0 Å². The summed E-state index contributed by atoms with van der Waals surface area (Å²) in [6.45, 7) is 6.45. The van der Waals surface area contributed by atoms with Crippen LogP contribution in [0.3, 0.4) is 0 Å². The zero-order valence-electron chi connectivity index (χ0n) is 17.2. The van der Waals surface area contributed by atoms with E-state index in [1.165, 1.54) is 18.2 Å². The largest absolute Gasteiger partial charge is 0.496 e. The molecule has 3 rings (SSSR count). The normalized spacial score (nSPS) is 12.0. The maximum absolute atomic E-state index is 13.4. The molecule has 1 heterocycles. The van der Waals surface area contributed by atoms with Gasteiger partial charge in [0.05, 0.1) is 7.11 Å². The van der Waals surface area contributed by atoms with Crippen LogP contribution in [0.2, 0.25) is 0 Å². The van der Waals surface area contributed by atoms with Gasteiger partial charge in [-0.15, -0.1) is 0 Å². The second kappa shape index (κ2) is 9.01. The number of hydrogen-bond acceptors (Lipinski definition) is 4. The van der Waals surface area contributed by atoms with Crippen LogP contribution >= 0.6 is 0 Å². The van der Waals surface area contributed by atoms with Crippen LogP contribution < -0.4 is 15.6 Å². The minimum Gasteiger partial charge on any atom is -0.496 e. The third-order valence-electron chi connectivity index (χ3n) is 4.99.